The molecule has 0 saturated carbocycles. The van der Waals surface area contributed by atoms with Gasteiger partial charge in [0.15, 0.2) is 18.7 Å². The van der Waals surface area contributed by atoms with Gasteiger partial charge in [0.1, 0.15) is 55.4 Å². The van der Waals surface area contributed by atoms with E-state index in [1.807, 2.05) is 12.2 Å². The van der Waals surface area contributed by atoms with Crippen molar-refractivity contribution in [3.8, 4) is 0 Å². The van der Waals surface area contributed by atoms with Crippen LogP contribution < -0.4 is 0 Å². The number of carbonyl (C=O) groups excluding carboxylic acids is 2. The molecule has 11 unspecified atom stereocenters. The zero-order chi connectivity index (χ0) is 49.6. The highest BCUT2D eigenvalue weighted by molar-refractivity contribution is 5.70. The van der Waals surface area contributed by atoms with Crippen LogP contribution in [0.2, 0.25) is 0 Å². The number of hydrogen-bond acceptors (Lipinski definition) is 15. The van der Waals surface area contributed by atoms with Gasteiger partial charge in [-0.05, 0) is 51.4 Å². The van der Waals surface area contributed by atoms with Crippen LogP contribution in [0.3, 0.4) is 0 Å². The number of unbranched alkanes of at least 4 members (excludes halogenated alkanes) is 15. The van der Waals surface area contributed by atoms with E-state index in [0.717, 1.165) is 51.4 Å². The first-order valence-electron chi connectivity index (χ1n) is 25.9. The molecule has 0 spiro atoms. The van der Waals surface area contributed by atoms with Crippen LogP contribution in [-0.4, -0.2) is 142 Å². The zero-order valence-corrected chi connectivity index (χ0v) is 41.3. The third-order valence-corrected chi connectivity index (χ3v) is 12.0. The summed E-state index contributed by atoms with van der Waals surface area (Å²) >= 11 is 0. The highest BCUT2D eigenvalue weighted by Gasteiger charge is 2.47. The van der Waals surface area contributed by atoms with E-state index in [9.17, 15) is 45.3 Å². The molecule has 15 heteroatoms. The summed E-state index contributed by atoms with van der Waals surface area (Å²) in [5, 5.41) is 72.1. The molecule has 68 heavy (non-hydrogen) atoms. The highest BCUT2D eigenvalue weighted by Crippen LogP contribution is 2.26. The fourth-order valence-electron chi connectivity index (χ4n) is 7.78. The number of aliphatic hydroxyl groups excluding tert-OH is 7. The Morgan fingerprint density at radius 2 is 0.926 bits per heavy atom. The topological polar surface area (TPSA) is 231 Å². The average Bonchev–Trinajstić information content (AvgIpc) is 3.33. The molecule has 15 nitrogen and oxygen atoms in total. The Morgan fingerprint density at radius 1 is 0.485 bits per heavy atom. The molecule has 2 saturated heterocycles. The summed E-state index contributed by atoms with van der Waals surface area (Å²) in [7, 11) is 0. The Labute approximate surface area is 407 Å². The standard InChI is InChI=1S/C53H90O15/c1-3-5-7-9-11-13-15-17-19-20-22-24-26-28-30-32-34-36-45(56)66-41(38-63-44(55)35-33-31-29-27-25-23-21-18-16-14-12-10-8-6-4-2)39-64-52-51(62)49(60)47(58)43(68-52)40-65-53-50(61)48(59)46(57)42(37-54)67-53/h5,7,11,13,17,19,22,24,28,30,41-43,46-54,57-62H,3-4,6,8-10,12,14-16,18,20-21,23,25-27,29,31-40H2,1-2H3/b7-5-,13-11-,19-17-,24-22-,30-28-. The quantitative estimate of drug-likeness (QED) is 0.0183. The van der Waals surface area contributed by atoms with Crippen molar-refractivity contribution in [3.63, 3.8) is 0 Å². The maximum absolute atomic E-state index is 13.0. The Morgan fingerprint density at radius 3 is 1.44 bits per heavy atom. The summed E-state index contributed by atoms with van der Waals surface area (Å²) in [5.41, 5.74) is 0. The molecule has 0 radical (unpaired) electrons. The van der Waals surface area contributed by atoms with Gasteiger partial charge in [-0.3, -0.25) is 9.59 Å². The van der Waals surface area contributed by atoms with E-state index in [-0.39, 0.29) is 19.4 Å². The lowest BCUT2D eigenvalue weighted by Crippen LogP contribution is -2.61. The van der Waals surface area contributed by atoms with Gasteiger partial charge in [0.05, 0.1) is 19.8 Å². The van der Waals surface area contributed by atoms with Gasteiger partial charge in [0.2, 0.25) is 0 Å². The van der Waals surface area contributed by atoms with Crippen molar-refractivity contribution >= 4 is 11.9 Å². The van der Waals surface area contributed by atoms with Crippen LogP contribution in [0.5, 0.6) is 0 Å². The van der Waals surface area contributed by atoms with Crippen molar-refractivity contribution in [1.29, 1.82) is 0 Å². The van der Waals surface area contributed by atoms with Crippen molar-refractivity contribution in [2.75, 3.05) is 26.4 Å². The summed E-state index contributed by atoms with van der Waals surface area (Å²) in [6.45, 7) is 2.41. The third-order valence-electron chi connectivity index (χ3n) is 12.0. The summed E-state index contributed by atoms with van der Waals surface area (Å²) in [5.74, 6) is -0.993. The van der Waals surface area contributed by atoms with Crippen molar-refractivity contribution in [3.05, 3.63) is 60.8 Å². The van der Waals surface area contributed by atoms with Gasteiger partial charge in [-0.1, -0.05) is 164 Å². The zero-order valence-electron chi connectivity index (χ0n) is 41.3. The molecule has 11 atom stereocenters. The fraction of sp³-hybridized carbons (Fsp3) is 0.774. The molecule has 2 fully saturated rings. The molecular formula is C53H90O15. The summed E-state index contributed by atoms with van der Waals surface area (Å²) in [6, 6.07) is 0. The van der Waals surface area contributed by atoms with Gasteiger partial charge >= 0.3 is 11.9 Å². The molecule has 2 rings (SSSR count). The Kier molecular flexibility index (Phi) is 36.0. The van der Waals surface area contributed by atoms with Crippen LogP contribution in [0.4, 0.5) is 0 Å². The van der Waals surface area contributed by atoms with Gasteiger partial charge < -0.3 is 64.2 Å². The molecule has 2 aliphatic rings. The van der Waals surface area contributed by atoms with Gasteiger partial charge in [-0.25, -0.2) is 0 Å². The van der Waals surface area contributed by atoms with E-state index in [1.54, 1.807) is 0 Å². The maximum atomic E-state index is 13.0. The van der Waals surface area contributed by atoms with Crippen molar-refractivity contribution in [1.82, 2.24) is 0 Å². The summed E-state index contributed by atoms with van der Waals surface area (Å²) in [6.07, 6.45) is 28.3. The minimum Gasteiger partial charge on any atom is -0.462 e. The Hall–Kier alpha value is -2.80. The van der Waals surface area contributed by atoms with Gasteiger partial charge in [0, 0.05) is 12.8 Å². The summed E-state index contributed by atoms with van der Waals surface area (Å²) < 4.78 is 33.5. The minimum atomic E-state index is -1.78. The lowest BCUT2D eigenvalue weighted by molar-refractivity contribution is -0.332. The van der Waals surface area contributed by atoms with Gasteiger partial charge in [0.25, 0.3) is 0 Å². The number of carbonyl (C=O) groups is 2. The lowest BCUT2D eigenvalue weighted by Gasteiger charge is -2.42. The highest BCUT2D eigenvalue weighted by atomic mass is 16.7. The average molecular weight is 967 g/mol. The number of ether oxygens (including phenoxy) is 6. The molecular weight excluding hydrogens is 877 g/mol. The predicted molar refractivity (Wildman–Crippen MR) is 261 cm³/mol. The molecule has 0 bridgehead atoms. The largest absolute Gasteiger partial charge is 0.462 e. The van der Waals surface area contributed by atoms with E-state index in [0.29, 0.717) is 19.3 Å². The second-order valence-corrected chi connectivity index (χ2v) is 18.0. The number of hydrogen-bond donors (Lipinski definition) is 7. The van der Waals surface area contributed by atoms with Crippen molar-refractivity contribution < 1.29 is 73.8 Å². The van der Waals surface area contributed by atoms with E-state index in [1.165, 1.54) is 70.6 Å². The van der Waals surface area contributed by atoms with Crippen LogP contribution in [-0.2, 0) is 38.0 Å². The van der Waals surface area contributed by atoms with Crippen LogP contribution in [0.15, 0.2) is 60.8 Å². The SMILES string of the molecule is CC/C=C\C/C=C\C/C=C\C/C=C\C/C=C\CCCC(=O)OC(COC(=O)CCCCCCCCCCCCCCCCC)COC1OC(COC2OC(CO)C(O)C(O)C2O)C(O)C(O)C1O. The molecule has 392 valence electrons. The molecule has 0 aromatic carbocycles. The van der Waals surface area contributed by atoms with E-state index in [4.69, 9.17) is 28.4 Å². The molecule has 0 aliphatic carbocycles. The van der Waals surface area contributed by atoms with E-state index < -0.39 is 99.3 Å². The Bertz CT molecular complexity index is 1420. The van der Waals surface area contributed by atoms with E-state index >= 15 is 0 Å². The number of aliphatic hydroxyl groups is 7. The van der Waals surface area contributed by atoms with Gasteiger partial charge in [-0.15, -0.1) is 0 Å². The summed E-state index contributed by atoms with van der Waals surface area (Å²) in [4.78, 5) is 25.7. The minimum absolute atomic E-state index is 0.0860. The monoisotopic (exact) mass is 967 g/mol. The number of esters is 2. The Balaban J connectivity index is 1.84. The number of allylic oxidation sites excluding steroid dienone is 10. The second kappa shape index (κ2) is 39.9. The number of rotatable bonds is 39. The molecule has 0 aromatic heterocycles. The van der Waals surface area contributed by atoms with Crippen LogP contribution in [0, 0.1) is 0 Å². The molecule has 0 aromatic rings. The molecule has 0 amide bonds. The van der Waals surface area contributed by atoms with Crippen molar-refractivity contribution in [2.45, 2.75) is 235 Å². The maximum Gasteiger partial charge on any atom is 0.306 e. The first-order chi connectivity index (χ1) is 33.0. The normalized spacial score (nSPS) is 26.2. The van der Waals surface area contributed by atoms with Crippen LogP contribution in [0.1, 0.15) is 168 Å². The third kappa shape index (κ3) is 27.6. The molecule has 2 heterocycles. The van der Waals surface area contributed by atoms with Gasteiger partial charge in [-0.2, -0.15) is 0 Å². The molecule has 7 N–H and O–H groups in total. The van der Waals surface area contributed by atoms with Crippen molar-refractivity contribution in [2.24, 2.45) is 0 Å². The first-order valence-corrected chi connectivity index (χ1v) is 25.9. The second-order valence-electron chi connectivity index (χ2n) is 18.0. The lowest BCUT2D eigenvalue weighted by atomic mass is 9.98. The van der Waals surface area contributed by atoms with Crippen LogP contribution in [0.25, 0.3) is 0 Å². The first kappa shape index (κ1) is 61.3. The van der Waals surface area contributed by atoms with Crippen LogP contribution >= 0.6 is 0 Å². The smallest absolute Gasteiger partial charge is 0.306 e. The fourth-order valence-corrected chi connectivity index (χ4v) is 7.78. The van der Waals surface area contributed by atoms with E-state index in [2.05, 4.69) is 62.5 Å². The predicted octanol–water partition coefficient (Wildman–Crippen LogP) is 7.27. The molecule has 2 aliphatic heterocycles.